The third kappa shape index (κ3) is 2.12. The van der Waals surface area contributed by atoms with E-state index in [9.17, 15) is 4.79 Å². The van der Waals surface area contributed by atoms with Crippen LogP contribution in [-0.4, -0.2) is 38.3 Å². The highest BCUT2D eigenvalue weighted by atomic mass is 32.1. The molecule has 0 bridgehead atoms. The molecule has 0 aliphatic carbocycles. The Morgan fingerprint density at radius 2 is 2.19 bits per heavy atom. The first kappa shape index (κ1) is 12.5. The van der Waals surface area contributed by atoms with Crippen LogP contribution in [-0.2, 0) is 0 Å². The first-order chi connectivity index (χ1) is 10.3. The third-order valence-corrected chi connectivity index (χ3v) is 4.87. The minimum atomic E-state index is 0.0848. The highest BCUT2D eigenvalue weighted by Gasteiger charge is 2.30. The number of thiazole rings is 1. The minimum absolute atomic E-state index is 0.0848. The number of carbonyl (C=O) groups is 1. The molecule has 1 atom stereocenters. The monoisotopic (exact) mass is 298 g/mol. The highest BCUT2D eigenvalue weighted by molar-refractivity contribution is 7.15. The SMILES string of the molecule is O=C(c1ccncc1)N1CCC(c2ncn3ccsc23)C1. The summed E-state index contributed by atoms with van der Waals surface area (Å²) >= 11 is 1.70. The van der Waals surface area contributed by atoms with Crippen molar-refractivity contribution >= 4 is 22.1 Å². The standard InChI is InChI=1S/C15H14N4OS/c20-14(11-1-4-16-5-2-11)18-6-3-12(9-18)13-15-19(10-17-13)7-8-21-15/h1-2,4-5,7-8,10,12H,3,6,9H2. The van der Waals surface area contributed by atoms with Gasteiger partial charge in [0, 0.05) is 48.5 Å². The molecule has 0 saturated carbocycles. The first-order valence-electron chi connectivity index (χ1n) is 6.92. The van der Waals surface area contributed by atoms with Crippen LogP contribution in [0.5, 0.6) is 0 Å². The predicted octanol–water partition coefficient (Wildman–Crippen LogP) is 2.42. The summed E-state index contributed by atoms with van der Waals surface area (Å²) < 4.78 is 2.05. The molecule has 3 aromatic rings. The van der Waals surface area contributed by atoms with Crippen LogP contribution < -0.4 is 0 Å². The van der Waals surface area contributed by atoms with E-state index in [1.54, 1.807) is 35.9 Å². The molecule has 1 aliphatic heterocycles. The number of hydrogen-bond donors (Lipinski definition) is 0. The van der Waals surface area contributed by atoms with Gasteiger partial charge in [-0.05, 0) is 18.6 Å². The Hall–Kier alpha value is -2.21. The largest absolute Gasteiger partial charge is 0.338 e. The Balaban J connectivity index is 1.55. The van der Waals surface area contributed by atoms with Crippen LogP contribution in [0.25, 0.3) is 4.83 Å². The van der Waals surface area contributed by atoms with Gasteiger partial charge in [-0.1, -0.05) is 0 Å². The lowest BCUT2D eigenvalue weighted by Crippen LogP contribution is -2.28. The van der Waals surface area contributed by atoms with Crippen LogP contribution in [0.2, 0.25) is 0 Å². The van der Waals surface area contributed by atoms with Crippen molar-refractivity contribution in [2.24, 2.45) is 0 Å². The molecule has 4 rings (SSSR count). The van der Waals surface area contributed by atoms with Crippen molar-refractivity contribution in [3.8, 4) is 0 Å². The summed E-state index contributed by atoms with van der Waals surface area (Å²) in [7, 11) is 0. The van der Waals surface area contributed by atoms with E-state index in [1.807, 2.05) is 21.8 Å². The number of nitrogens with zero attached hydrogens (tertiary/aromatic N) is 4. The van der Waals surface area contributed by atoms with Gasteiger partial charge in [0.1, 0.15) is 11.2 Å². The zero-order valence-corrected chi connectivity index (χ0v) is 12.2. The lowest BCUT2D eigenvalue weighted by atomic mass is 10.1. The van der Waals surface area contributed by atoms with Crippen molar-refractivity contribution in [1.29, 1.82) is 0 Å². The Labute approximate surface area is 125 Å². The lowest BCUT2D eigenvalue weighted by molar-refractivity contribution is 0.0790. The maximum absolute atomic E-state index is 12.5. The fourth-order valence-electron chi connectivity index (χ4n) is 2.88. The average molecular weight is 298 g/mol. The van der Waals surface area contributed by atoms with Crippen molar-refractivity contribution in [1.82, 2.24) is 19.3 Å². The van der Waals surface area contributed by atoms with Gasteiger partial charge in [0.2, 0.25) is 0 Å². The highest BCUT2D eigenvalue weighted by Crippen LogP contribution is 2.31. The van der Waals surface area contributed by atoms with Gasteiger partial charge >= 0.3 is 0 Å². The second kappa shape index (κ2) is 4.96. The zero-order chi connectivity index (χ0) is 14.2. The van der Waals surface area contributed by atoms with Gasteiger partial charge in [-0.3, -0.25) is 14.2 Å². The molecule has 1 unspecified atom stereocenters. The molecule has 1 aliphatic rings. The molecule has 21 heavy (non-hydrogen) atoms. The molecule has 0 spiro atoms. The number of fused-ring (bicyclic) bond motifs is 1. The zero-order valence-electron chi connectivity index (χ0n) is 11.3. The molecular weight excluding hydrogens is 284 g/mol. The van der Waals surface area contributed by atoms with Crippen molar-refractivity contribution in [2.45, 2.75) is 12.3 Å². The minimum Gasteiger partial charge on any atom is -0.338 e. The summed E-state index contributed by atoms with van der Waals surface area (Å²) in [6, 6.07) is 3.54. The summed E-state index contributed by atoms with van der Waals surface area (Å²) in [4.78, 5) is 24.0. The van der Waals surface area contributed by atoms with Gasteiger partial charge in [-0.15, -0.1) is 11.3 Å². The number of carbonyl (C=O) groups excluding carboxylic acids is 1. The maximum Gasteiger partial charge on any atom is 0.253 e. The smallest absolute Gasteiger partial charge is 0.253 e. The summed E-state index contributed by atoms with van der Waals surface area (Å²) in [5.41, 5.74) is 1.83. The van der Waals surface area contributed by atoms with Crippen molar-refractivity contribution < 1.29 is 4.79 Å². The van der Waals surface area contributed by atoms with Crippen LogP contribution >= 0.6 is 11.3 Å². The Bertz CT molecular complexity index is 779. The number of pyridine rings is 1. The Kier molecular flexibility index (Phi) is 2.96. The summed E-state index contributed by atoms with van der Waals surface area (Å²) in [6.07, 6.45) is 8.16. The number of likely N-dealkylation sites (tertiary alicyclic amines) is 1. The number of rotatable bonds is 2. The van der Waals surface area contributed by atoms with Crippen LogP contribution in [0.1, 0.15) is 28.4 Å². The van der Waals surface area contributed by atoms with Crippen LogP contribution in [0.15, 0.2) is 42.4 Å². The van der Waals surface area contributed by atoms with E-state index in [0.29, 0.717) is 11.5 Å². The van der Waals surface area contributed by atoms with Crippen LogP contribution in [0.4, 0.5) is 0 Å². The van der Waals surface area contributed by atoms with Crippen molar-refractivity contribution in [3.05, 3.63) is 53.7 Å². The van der Waals surface area contributed by atoms with E-state index >= 15 is 0 Å². The fourth-order valence-corrected chi connectivity index (χ4v) is 3.77. The molecule has 1 saturated heterocycles. The maximum atomic E-state index is 12.5. The molecule has 0 radical (unpaired) electrons. The fraction of sp³-hybridized carbons (Fsp3) is 0.267. The summed E-state index contributed by atoms with van der Waals surface area (Å²) in [5, 5.41) is 2.06. The number of amides is 1. The summed E-state index contributed by atoms with van der Waals surface area (Å²) in [5.74, 6) is 0.418. The topological polar surface area (TPSA) is 50.5 Å². The van der Waals surface area contributed by atoms with Gasteiger partial charge in [0.15, 0.2) is 0 Å². The molecule has 0 N–H and O–H groups in total. The molecular formula is C15H14N4OS. The molecule has 5 nitrogen and oxygen atoms in total. The second-order valence-electron chi connectivity index (χ2n) is 5.22. The second-order valence-corrected chi connectivity index (χ2v) is 6.11. The van der Waals surface area contributed by atoms with Gasteiger partial charge in [0.25, 0.3) is 5.91 Å². The van der Waals surface area contributed by atoms with E-state index < -0.39 is 0 Å². The van der Waals surface area contributed by atoms with E-state index in [-0.39, 0.29) is 5.91 Å². The number of hydrogen-bond acceptors (Lipinski definition) is 4. The molecule has 3 aromatic heterocycles. The van der Waals surface area contributed by atoms with Gasteiger partial charge in [-0.25, -0.2) is 4.98 Å². The van der Waals surface area contributed by atoms with Gasteiger partial charge in [0.05, 0.1) is 5.69 Å². The molecule has 6 heteroatoms. The number of imidazole rings is 1. The first-order valence-corrected chi connectivity index (χ1v) is 7.80. The van der Waals surface area contributed by atoms with E-state index in [1.165, 1.54) is 4.83 Å². The molecule has 4 heterocycles. The lowest BCUT2D eigenvalue weighted by Gasteiger charge is -2.16. The Morgan fingerprint density at radius 1 is 1.33 bits per heavy atom. The van der Waals surface area contributed by atoms with E-state index in [4.69, 9.17) is 0 Å². The van der Waals surface area contributed by atoms with Gasteiger partial charge in [-0.2, -0.15) is 0 Å². The van der Waals surface area contributed by atoms with Crippen LogP contribution in [0, 0.1) is 0 Å². The Morgan fingerprint density at radius 3 is 3.05 bits per heavy atom. The normalized spacial score (nSPS) is 18.5. The third-order valence-electron chi connectivity index (χ3n) is 3.97. The summed E-state index contributed by atoms with van der Waals surface area (Å²) in [6.45, 7) is 1.53. The molecule has 1 fully saturated rings. The van der Waals surface area contributed by atoms with Gasteiger partial charge < -0.3 is 4.90 Å². The van der Waals surface area contributed by atoms with E-state index in [2.05, 4.69) is 15.3 Å². The predicted molar refractivity (Wildman–Crippen MR) is 80.6 cm³/mol. The molecule has 106 valence electrons. The molecule has 1 amide bonds. The average Bonchev–Trinajstić information content (AvgIpc) is 3.23. The molecule has 0 aromatic carbocycles. The van der Waals surface area contributed by atoms with Crippen molar-refractivity contribution in [3.63, 3.8) is 0 Å². The van der Waals surface area contributed by atoms with E-state index in [0.717, 1.165) is 25.2 Å². The quantitative estimate of drug-likeness (QED) is 0.730. The van der Waals surface area contributed by atoms with Crippen molar-refractivity contribution in [2.75, 3.05) is 13.1 Å². The number of aromatic nitrogens is 3. The van der Waals surface area contributed by atoms with Crippen LogP contribution in [0.3, 0.4) is 0 Å².